The maximum Gasteiger partial charge on any atom is 0.338 e. The monoisotopic (exact) mass is 280 g/mol. The zero-order chi connectivity index (χ0) is 15.4. The van der Waals surface area contributed by atoms with Gasteiger partial charge in [-0.05, 0) is 16.7 Å². The van der Waals surface area contributed by atoms with Crippen molar-refractivity contribution in [2.45, 2.75) is 20.0 Å². The summed E-state index contributed by atoms with van der Waals surface area (Å²) in [6, 6.07) is 14.2. The van der Waals surface area contributed by atoms with Gasteiger partial charge in [0.1, 0.15) is 6.10 Å². The molecule has 2 aromatic carbocycles. The second-order valence-electron chi connectivity index (χ2n) is 5.37. The summed E-state index contributed by atoms with van der Waals surface area (Å²) in [6.07, 6.45) is 1.11. The largest absolute Gasteiger partial charge is 0.454 e. The van der Waals surface area contributed by atoms with E-state index in [-0.39, 0.29) is 17.6 Å². The van der Waals surface area contributed by atoms with Crippen LogP contribution < -0.4 is 0 Å². The Bertz CT molecular complexity index is 678. The van der Waals surface area contributed by atoms with Crippen LogP contribution >= 0.6 is 0 Å². The highest BCUT2D eigenvalue weighted by Crippen LogP contribution is 2.32. The first-order valence-electron chi connectivity index (χ1n) is 7.04. The van der Waals surface area contributed by atoms with E-state index in [1.807, 2.05) is 38.1 Å². The van der Waals surface area contributed by atoms with Crippen LogP contribution in [0.2, 0.25) is 0 Å². The third-order valence-electron chi connectivity index (χ3n) is 3.48. The fourth-order valence-electron chi connectivity index (χ4n) is 2.33. The molecule has 0 heterocycles. The molecule has 1 atom stereocenters. The summed E-state index contributed by atoms with van der Waals surface area (Å²) >= 11 is 0. The zero-order valence-corrected chi connectivity index (χ0v) is 12.5. The third-order valence-corrected chi connectivity index (χ3v) is 3.48. The lowest BCUT2D eigenvalue weighted by atomic mass is 9.94. The molecule has 0 fully saturated rings. The van der Waals surface area contributed by atoms with Crippen molar-refractivity contribution < 1.29 is 9.53 Å². The first-order chi connectivity index (χ1) is 10.0. The first kappa shape index (κ1) is 15.0. The molecule has 0 aromatic heterocycles. The summed E-state index contributed by atoms with van der Waals surface area (Å²) in [5.41, 5.74) is 1.30. The summed E-state index contributed by atoms with van der Waals surface area (Å²) in [4.78, 5) is 12.0. The van der Waals surface area contributed by atoms with Crippen molar-refractivity contribution in [1.29, 1.82) is 0 Å². The van der Waals surface area contributed by atoms with Crippen LogP contribution in [0.4, 0.5) is 0 Å². The molecule has 0 spiro atoms. The van der Waals surface area contributed by atoms with E-state index < -0.39 is 5.97 Å². The molecule has 0 aliphatic rings. The molecular weight excluding hydrogens is 260 g/mol. The lowest BCUT2D eigenvalue weighted by Gasteiger charge is -2.23. The van der Waals surface area contributed by atoms with Crippen molar-refractivity contribution in [3.05, 3.63) is 72.8 Å². The Morgan fingerprint density at radius 1 is 1.14 bits per heavy atom. The summed E-state index contributed by atoms with van der Waals surface area (Å²) in [5, 5.41) is 2.25. The molecule has 1 unspecified atom stereocenters. The molecule has 108 valence electrons. The lowest BCUT2D eigenvalue weighted by molar-refractivity contribution is -0.146. The number of esters is 1. The van der Waals surface area contributed by atoms with E-state index >= 15 is 0 Å². The van der Waals surface area contributed by atoms with Gasteiger partial charge in [0.05, 0.1) is 5.57 Å². The van der Waals surface area contributed by atoms with Gasteiger partial charge in [0.2, 0.25) is 0 Å². The van der Waals surface area contributed by atoms with E-state index in [2.05, 4.69) is 31.4 Å². The topological polar surface area (TPSA) is 26.3 Å². The van der Waals surface area contributed by atoms with E-state index in [1.54, 1.807) is 0 Å². The predicted molar refractivity (Wildman–Crippen MR) is 87.0 cm³/mol. The number of benzene rings is 2. The van der Waals surface area contributed by atoms with Crippen LogP contribution in [0.1, 0.15) is 25.5 Å². The van der Waals surface area contributed by atoms with Gasteiger partial charge in [-0.25, -0.2) is 4.79 Å². The van der Waals surface area contributed by atoms with E-state index in [4.69, 9.17) is 4.74 Å². The molecule has 2 nitrogen and oxygen atoms in total. The minimum atomic E-state index is -0.420. The van der Waals surface area contributed by atoms with Crippen molar-refractivity contribution in [1.82, 2.24) is 0 Å². The van der Waals surface area contributed by atoms with Crippen LogP contribution in [-0.2, 0) is 9.53 Å². The minimum Gasteiger partial charge on any atom is -0.454 e. The highest BCUT2D eigenvalue weighted by atomic mass is 16.5. The average molecular weight is 280 g/mol. The molecule has 0 amide bonds. The Morgan fingerprint density at radius 2 is 1.81 bits per heavy atom. The second kappa shape index (κ2) is 6.40. The van der Waals surface area contributed by atoms with Gasteiger partial charge in [0, 0.05) is 5.56 Å². The molecule has 21 heavy (non-hydrogen) atoms. The molecule has 0 saturated heterocycles. The van der Waals surface area contributed by atoms with Crippen molar-refractivity contribution in [2.24, 2.45) is 5.92 Å². The van der Waals surface area contributed by atoms with Gasteiger partial charge in [0.25, 0.3) is 0 Å². The number of carbonyl (C=O) groups is 1. The molecule has 0 N–H and O–H groups in total. The summed E-state index contributed by atoms with van der Waals surface area (Å²) < 4.78 is 5.65. The number of hydrogen-bond acceptors (Lipinski definition) is 2. The van der Waals surface area contributed by atoms with E-state index in [9.17, 15) is 4.79 Å². The summed E-state index contributed by atoms with van der Waals surface area (Å²) in [7, 11) is 0. The SMILES string of the molecule is C=CC(=C)C(=O)OC(c1cccc2ccccc12)C(C)C. The first-order valence-corrected chi connectivity index (χ1v) is 7.04. The van der Waals surface area contributed by atoms with Gasteiger partial charge < -0.3 is 4.74 Å². The second-order valence-corrected chi connectivity index (χ2v) is 5.37. The standard InChI is InChI=1S/C19H20O2/c1-5-14(4)19(20)21-18(13(2)3)17-12-8-10-15-9-6-7-11-16(15)17/h5-13,18H,1,4H2,2-3H3. The third kappa shape index (κ3) is 3.22. The Balaban J connectivity index is 2.44. The fraction of sp³-hybridized carbons (Fsp3) is 0.211. The molecule has 2 heteroatoms. The highest BCUT2D eigenvalue weighted by molar-refractivity contribution is 5.91. The molecule has 2 rings (SSSR count). The number of fused-ring (bicyclic) bond motifs is 1. The molecule has 0 radical (unpaired) electrons. The normalized spacial score (nSPS) is 12.1. The molecular formula is C19H20O2. The van der Waals surface area contributed by atoms with Crippen LogP contribution in [0.5, 0.6) is 0 Å². The lowest BCUT2D eigenvalue weighted by Crippen LogP contribution is -2.17. The zero-order valence-electron chi connectivity index (χ0n) is 12.5. The maximum absolute atomic E-state index is 12.0. The van der Waals surface area contributed by atoms with E-state index in [1.165, 1.54) is 6.08 Å². The quantitative estimate of drug-likeness (QED) is 0.446. The Hall–Kier alpha value is -2.35. The number of rotatable bonds is 5. The van der Waals surface area contributed by atoms with Gasteiger partial charge >= 0.3 is 5.97 Å². The molecule has 0 saturated carbocycles. The maximum atomic E-state index is 12.0. The van der Waals surface area contributed by atoms with Gasteiger partial charge in [-0.1, -0.05) is 75.5 Å². The van der Waals surface area contributed by atoms with E-state index in [0.717, 1.165) is 16.3 Å². The van der Waals surface area contributed by atoms with Gasteiger partial charge in [-0.15, -0.1) is 0 Å². The predicted octanol–water partition coefficient (Wildman–Crippen LogP) is 4.82. The van der Waals surface area contributed by atoms with Gasteiger partial charge in [-0.2, -0.15) is 0 Å². The number of carbonyl (C=O) groups excluding carboxylic acids is 1. The summed E-state index contributed by atoms with van der Waals surface area (Å²) in [5.74, 6) is -0.256. The van der Waals surface area contributed by atoms with Crippen molar-refractivity contribution in [2.75, 3.05) is 0 Å². The van der Waals surface area contributed by atoms with Crippen LogP contribution in [0.25, 0.3) is 10.8 Å². The van der Waals surface area contributed by atoms with Crippen molar-refractivity contribution >= 4 is 16.7 Å². The van der Waals surface area contributed by atoms with Gasteiger partial charge in [-0.3, -0.25) is 0 Å². The number of hydrogen-bond donors (Lipinski definition) is 0. The highest BCUT2D eigenvalue weighted by Gasteiger charge is 2.22. The average Bonchev–Trinajstić information content (AvgIpc) is 2.50. The van der Waals surface area contributed by atoms with E-state index in [0.29, 0.717) is 0 Å². The summed E-state index contributed by atoms with van der Waals surface area (Å²) in [6.45, 7) is 11.3. The Morgan fingerprint density at radius 3 is 2.48 bits per heavy atom. The minimum absolute atomic E-state index is 0.164. The molecule has 0 bridgehead atoms. The van der Waals surface area contributed by atoms with Crippen molar-refractivity contribution in [3.63, 3.8) is 0 Å². The molecule has 0 aliphatic heterocycles. The Labute approximate surface area is 125 Å². The molecule has 0 aliphatic carbocycles. The van der Waals surface area contributed by atoms with Crippen molar-refractivity contribution in [3.8, 4) is 0 Å². The van der Waals surface area contributed by atoms with Crippen LogP contribution in [-0.4, -0.2) is 5.97 Å². The number of ether oxygens (including phenoxy) is 1. The Kier molecular flexibility index (Phi) is 4.59. The van der Waals surface area contributed by atoms with Crippen LogP contribution in [0, 0.1) is 5.92 Å². The van der Waals surface area contributed by atoms with Crippen LogP contribution in [0.3, 0.4) is 0 Å². The smallest absolute Gasteiger partial charge is 0.338 e. The molecule has 2 aromatic rings. The van der Waals surface area contributed by atoms with Crippen LogP contribution in [0.15, 0.2) is 67.3 Å². The van der Waals surface area contributed by atoms with Gasteiger partial charge in [0.15, 0.2) is 0 Å². The fourth-order valence-corrected chi connectivity index (χ4v) is 2.33.